The zero-order valence-electron chi connectivity index (χ0n) is 11.1. The number of ether oxygens (including phenoxy) is 1. The van der Waals surface area contributed by atoms with Crippen molar-refractivity contribution in [3.05, 3.63) is 34.3 Å². The summed E-state index contributed by atoms with van der Waals surface area (Å²) in [6, 6.07) is 7.53. The number of benzene rings is 1. The SMILES string of the molecule is OC[C@H]1O[C@@H](ONCc2ccc(Br)cc2)[C@H](O)[C@@H](O)[C@H]1O. The van der Waals surface area contributed by atoms with Gasteiger partial charge in [-0.3, -0.25) is 4.84 Å². The highest BCUT2D eigenvalue weighted by Crippen LogP contribution is 2.21. The van der Waals surface area contributed by atoms with Crippen LogP contribution in [0.1, 0.15) is 5.56 Å². The lowest BCUT2D eigenvalue weighted by Crippen LogP contribution is -2.59. The number of hydrogen-bond donors (Lipinski definition) is 5. The second kappa shape index (κ2) is 7.61. The van der Waals surface area contributed by atoms with Gasteiger partial charge in [-0.25, -0.2) is 0 Å². The number of halogens is 1. The van der Waals surface area contributed by atoms with E-state index in [1.807, 2.05) is 24.3 Å². The lowest BCUT2D eigenvalue weighted by molar-refractivity contribution is -0.316. The summed E-state index contributed by atoms with van der Waals surface area (Å²) in [5.74, 6) is 0. The third-order valence-electron chi connectivity index (χ3n) is 3.24. The van der Waals surface area contributed by atoms with Crippen LogP contribution in [0.4, 0.5) is 0 Å². The van der Waals surface area contributed by atoms with Crippen LogP contribution in [0.25, 0.3) is 0 Å². The van der Waals surface area contributed by atoms with E-state index in [9.17, 15) is 15.3 Å². The molecule has 5 atom stereocenters. The van der Waals surface area contributed by atoms with Gasteiger partial charge in [0.2, 0.25) is 6.29 Å². The second-order valence-electron chi connectivity index (χ2n) is 4.76. The summed E-state index contributed by atoms with van der Waals surface area (Å²) in [5, 5.41) is 38.1. The first-order valence-electron chi connectivity index (χ1n) is 6.46. The standard InChI is InChI=1S/C13H18BrNO6/c14-8-3-1-7(2-4-8)5-15-21-13-12(19)11(18)10(17)9(6-16)20-13/h1-4,9-13,15-19H,5-6H2/t9-,10+,11+,12-,13+/m1/s1. The molecule has 1 aromatic rings. The number of aliphatic hydroxyl groups excluding tert-OH is 4. The number of nitrogens with one attached hydrogen (secondary N) is 1. The Balaban J connectivity index is 1.85. The van der Waals surface area contributed by atoms with Crippen LogP contribution in [0.3, 0.4) is 0 Å². The van der Waals surface area contributed by atoms with Crippen molar-refractivity contribution in [2.24, 2.45) is 0 Å². The molecule has 0 radical (unpaired) electrons. The van der Waals surface area contributed by atoms with Crippen molar-refractivity contribution in [2.45, 2.75) is 37.3 Å². The molecule has 1 saturated heterocycles. The minimum atomic E-state index is -1.45. The van der Waals surface area contributed by atoms with Crippen molar-refractivity contribution < 1.29 is 30.0 Å². The summed E-state index contributed by atoms with van der Waals surface area (Å²) in [7, 11) is 0. The van der Waals surface area contributed by atoms with Crippen LogP contribution in [0.5, 0.6) is 0 Å². The van der Waals surface area contributed by atoms with E-state index in [0.717, 1.165) is 10.0 Å². The summed E-state index contributed by atoms with van der Waals surface area (Å²) in [6.07, 6.45) is -6.43. The van der Waals surface area contributed by atoms with Crippen molar-refractivity contribution in [3.63, 3.8) is 0 Å². The maximum atomic E-state index is 9.77. The Hall–Kier alpha value is -0.580. The Kier molecular flexibility index (Phi) is 6.08. The van der Waals surface area contributed by atoms with Crippen LogP contribution in [0.2, 0.25) is 0 Å². The van der Waals surface area contributed by atoms with Gasteiger partial charge in [-0.1, -0.05) is 28.1 Å². The molecule has 21 heavy (non-hydrogen) atoms. The zero-order chi connectivity index (χ0) is 15.4. The van der Waals surface area contributed by atoms with E-state index in [0.29, 0.717) is 6.54 Å². The van der Waals surface area contributed by atoms with Gasteiger partial charge >= 0.3 is 0 Å². The van der Waals surface area contributed by atoms with Crippen LogP contribution >= 0.6 is 15.9 Å². The average Bonchev–Trinajstić information content (AvgIpc) is 2.49. The molecule has 1 heterocycles. The molecule has 2 rings (SSSR count). The fourth-order valence-electron chi connectivity index (χ4n) is 1.97. The van der Waals surface area contributed by atoms with Gasteiger partial charge < -0.3 is 25.2 Å². The molecule has 0 aliphatic carbocycles. The lowest BCUT2D eigenvalue weighted by atomic mass is 9.99. The van der Waals surface area contributed by atoms with Gasteiger partial charge in [0, 0.05) is 11.0 Å². The molecule has 0 saturated carbocycles. The van der Waals surface area contributed by atoms with Gasteiger partial charge in [0.05, 0.1) is 6.61 Å². The van der Waals surface area contributed by atoms with Gasteiger partial charge in [-0.15, -0.1) is 0 Å². The van der Waals surface area contributed by atoms with Crippen LogP contribution in [0, 0.1) is 0 Å². The number of hydrogen-bond acceptors (Lipinski definition) is 7. The van der Waals surface area contributed by atoms with E-state index in [1.165, 1.54) is 0 Å². The summed E-state index contributed by atoms with van der Waals surface area (Å²) in [4.78, 5) is 5.16. The van der Waals surface area contributed by atoms with E-state index in [-0.39, 0.29) is 0 Å². The predicted molar refractivity (Wildman–Crippen MR) is 75.8 cm³/mol. The predicted octanol–water partition coefficient (Wildman–Crippen LogP) is -0.730. The minimum absolute atomic E-state index is 0.363. The van der Waals surface area contributed by atoms with Crippen LogP contribution in [0.15, 0.2) is 28.7 Å². The molecular formula is C13H18BrNO6. The van der Waals surface area contributed by atoms with E-state index in [2.05, 4.69) is 21.4 Å². The second-order valence-corrected chi connectivity index (χ2v) is 5.68. The molecule has 0 aromatic heterocycles. The molecule has 0 unspecified atom stereocenters. The molecule has 0 amide bonds. The molecule has 1 fully saturated rings. The van der Waals surface area contributed by atoms with Gasteiger partial charge in [-0.05, 0) is 17.7 Å². The summed E-state index contributed by atoms with van der Waals surface area (Å²) in [6.45, 7) is -0.125. The summed E-state index contributed by atoms with van der Waals surface area (Å²) < 4.78 is 6.14. The largest absolute Gasteiger partial charge is 0.394 e. The third kappa shape index (κ3) is 4.21. The van der Waals surface area contributed by atoms with Crippen LogP contribution in [-0.4, -0.2) is 57.7 Å². The first kappa shape index (κ1) is 16.8. The highest BCUT2D eigenvalue weighted by atomic mass is 79.9. The molecule has 1 aliphatic rings. The normalized spacial score (nSPS) is 33.1. The third-order valence-corrected chi connectivity index (χ3v) is 3.77. The van der Waals surface area contributed by atoms with E-state index in [1.54, 1.807) is 0 Å². The van der Waals surface area contributed by atoms with Crippen molar-refractivity contribution in [1.82, 2.24) is 5.48 Å². The Labute approximate surface area is 130 Å². The Morgan fingerprint density at radius 3 is 2.38 bits per heavy atom. The smallest absolute Gasteiger partial charge is 0.206 e. The highest BCUT2D eigenvalue weighted by Gasteiger charge is 2.44. The molecule has 5 N–H and O–H groups in total. The molecule has 7 nitrogen and oxygen atoms in total. The Morgan fingerprint density at radius 1 is 1.10 bits per heavy atom. The fourth-order valence-corrected chi connectivity index (χ4v) is 2.24. The molecule has 1 aromatic carbocycles. The van der Waals surface area contributed by atoms with E-state index >= 15 is 0 Å². The van der Waals surface area contributed by atoms with Crippen molar-refractivity contribution in [2.75, 3.05) is 6.61 Å². The Bertz CT molecular complexity index is 443. The molecule has 118 valence electrons. The van der Waals surface area contributed by atoms with Crippen LogP contribution in [-0.2, 0) is 16.1 Å². The van der Waals surface area contributed by atoms with Crippen molar-refractivity contribution in [3.8, 4) is 0 Å². The lowest BCUT2D eigenvalue weighted by Gasteiger charge is -2.39. The van der Waals surface area contributed by atoms with Gasteiger partial charge in [0.1, 0.15) is 24.4 Å². The van der Waals surface area contributed by atoms with Gasteiger partial charge in [0.25, 0.3) is 0 Å². The maximum Gasteiger partial charge on any atom is 0.206 e. The maximum absolute atomic E-state index is 9.77. The number of rotatable bonds is 5. The minimum Gasteiger partial charge on any atom is -0.394 e. The topological polar surface area (TPSA) is 111 Å². The summed E-state index contributed by atoms with van der Waals surface area (Å²) in [5.41, 5.74) is 3.57. The number of hydroxylamine groups is 1. The average molecular weight is 364 g/mol. The first-order chi connectivity index (χ1) is 10.0. The van der Waals surface area contributed by atoms with Crippen molar-refractivity contribution in [1.29, 1.82) is 0 Å². The van der Waals surface area contributed by atoms with Crippen LogP contribution < -0.4 is 5.48 Å². The van der Waals surface area contributed by atoms with E-state index < -0.39 is 37.3 Å². The molecule has 1 aliphatic heterocycles. The monoisotopic (exact) mass is 363 g/mol. The van der Waals surface area contributed by atoms with Crippen molar-refractivity contribution >= 4 is 15.9 Å². The highest BCUT2D eigenvalue weighted by molar-refractivity contribution is 9.10. The van der Waals surface area contributed by atoms with E-state index in [4.69, 9.17) is 14.7 Å². The fraction of sp³-hybridized carbons (Fsp3) is 0.538. The van der Waals surface area contributed by atoms with Gasteiger partial charge in [0.15, 0.2) is 0 Å². The first-order valence-corrected chi connectivity index (χ1v) is 7.25. The quantitative estimate of drug-likeness (QED) is 0.438. The molecule has 8 heteroatoms. The Morgan fingerprint density at radius 2 is 1.76 bits per heavy atom. The molecule has 0 bridgehead atoms. The summed E-state index contributed by atoms with van der Waals surface area (Å²) >= 11 is 3.33. The molecular weight excluding hydrogens is 346 g/mol. The number of aliphatic hydroxyl groups is 4. The van der Waals surface area contributed by atoms with Gasteiger partial charge in [-0.2, -0.15) is 5.48 Å². The zero-order valence-corrected chi connectivity index (χ0v) is 12.7. The molecule has 0 spiro atoms.